The van der Waals surface area contributed by atoms with E-state index in [2.05, 4.69) is 11.2 Å². The third-order valence-electron chi connectivity index (χ3n) is 2.07. The molecule has 1 unspecified atom stereocenters. The monoisotopic (exact) mass is 226 g/mol. The van der Waals surface area contributed by atoms with Gasteiger partial charge in [-0.3, -0.25) is 0 Å². The van der Waals surface area contributed by atoms with Gasteiger partial charge in [-0.15, -0.1) is 6.42 Å². The number of amides is 2. The second-order valence-electron chi connectivity index (χ2n) is 3.37. The Labute approximate surface area is 95.8 Å². The van der Waals surface area contributed by atoms with Gasteiger partial charge >= 0.3 is 12.0 Å². The van der Waals surface area contributed by atoms with Gasteiger partial charge in [0.25, 0.3) is 0 Å². The Hall–Kier alpha value is -1.70. The fraction of sp³-hybridized carbons (Fsp3) is 0.636. The molecule has 90 valence electrons. The molecule has 0 aliphatic rings. The third-order valence-corrected chi connectivity index (χ3v) is 2.07. The van der Waals surface area contributed by atoms with E-state index in [4.69, 9.17) is 11.5 Å². The quantitative estimate of drug-likeness (QED) is 0.661. The van der Waals surface area contributed by atoms with E-state index in [0.29, 0.717) is 13.0 Å². The average molecular weight is 226 g/mol. The van der Waals surface area contributed by atoms with E-state index < -0.39 is 18.0 Å². The molecule has 0 heterocycles. The molecule has 5 heteroatoms. The first kappa shape index (κ1) is 14.3. The number of hydrogen-bond acceptors (Lipinski definition) is 2. The number of carbonyl (C=O) groups is 2. The largest absolute Gasteiger partial charge is 0.480 e. The first-order valence-corrected chi connectivity index (χ1v) is 5.28. The Bertz CT molecular complexity index is 283. The van der Waals surface area contributed by atoms with E-state index in [9.17, 15) is 9.59 Å². The highest BCUT2D eigenvalue weighted by Crippen LogP contribution is 1.96. The Morgan fingerprint density at radius 1 is 1.50 bits per heavy atom. The van der Waals surface area contributed by atoms with Gasteiger partial charge in [0.15, 0.2) is 0 Å². The van der Waals surface area contributed by atoms with Crippen LogP contribution in [-0.2, 0) is 4.79 Å². The van der Waals surface area contributed by atoms with Crippen LogP contribution in [0.2, 0.25) is 0 Å². The van der Waals surface area contributed by atoms with E-state index in [-0.39, 0.29) is 6.54 Å². The molecule has 0 saturated heterocycles. The molecule has 0 saturated carbocycles. The van der Waals surface area contributed by atoms with Crippen molar-refractivity contribution in [3.05, 3.63) is 0 Å². The molecule has 0 aliphatic carbocycles. The van der Waals surface area contributed by atoms with E-state index in [1.165, 1.54) is 4.90 Å². The van der Waals surface area contributed by atoms with Gasteiger partial charge in [0.1, 0.15) is 6.04 Å². The number of aliphatic carboxylic acids is 1. The number of terminal acetylenes is 1. The summed E-state index contributed by atoms with van der Waals surface area (Å²) in [7, 11) is 0. The van der Waals surface area contributed by atoms with Crippen LogP contribution in [0.15, 0.2) is 0 Å². The lowest BCUT2D eigenvalue weighted by atomic mass is 10.2. The van der Waals surface area contributed by atoms with Crippen LogP contribution in [0, 0.1) is 12.3 Å². The number of rotatable bonds is 6. The molecule has 0 aromatic carbocycles. The standard InChI is InChI=1S/C11H18N2O3/c1-4-7-13(8-5-2)11(16)12-9(6-3)10(14)15/h1,9H,5-8H2,2-3H3,(H,12,16)(H,14,15). The summed E-state index contributed by atoms with van der Waals surface area (Å²) in [5.41, 5.74) is 0. The Kier molecular flexibility index (Phi) is 6.77. The molecule has 2 N–H and O–H groups in total. The minimum absolute atomic E-state index is 0.190. The number of nitrogens with one attached hydrogen (secondary N) is 1. The Morgan fingerprint density at radius 3 is 2.50 bits per heavy atom. The van der Waals surface area contributed by atoms with Crippen molar-refractivity contribution < 1.29 is 14.7 Å². The van der Waals surface area contributed by atoms with Gasteiger partial charge in [0, 0.05) is 6.54 Å². The molecule has 0 aromatic heterocycles. The van der Waals surface area contributed by atoms with Crippen LogP contribution in [0.5, 0.6) is 0 Å². The van der Waals surface area contributed by atoms with E-state index in [1.807, 2.05) is 6.92 Å². The van der Waals surface area contributed by atoms with Gasteiger partial charge in [0.2, 0.25) is 0 Å². The number of carboxylic acids is 1. The van der Waals surface area contributed by atoms with Crippen molar-refractivity contribution in [1.29, 1.82) is 0 Å². The summed E-state index contributed by atoms with van der Waals surface area (Å²) < 4.78 is 0. The summed E-state index contributed by atoms with van der Waals surface area (Å²) in [4.78, 5) is 23.8. The van der Waals surface area contributed by atoms with Crippen LogP contribution in [0.4, 0.5) is 4.79 Å². The Morgan fingerprint density at radius 2 is 2.12 bits per heavy atom. The fourth-order valence-corrected chi connectivity index (χ4v) is 1.21. The van der Waals surface area contributed by atoms with Gasteiger partial charge in [-0.05, 0) is 12.8 Å². The first-order chi connectivity index (χ1) is 7.56. The smallest absolute Gasteiger partial charge is 0.326 e. The molecule has 16 heavy (non-hydrogen) atoms. The molecule has 1 atom stereocenters. The van der Waals surface area contributed by atoms with Crippen molar-refractivity contribution in [3.63, 3.8) is 0 Å². The van der Waals surface area contributed by atoms with Gasteiger partial charge in [-0.1, -0.05) is 19.8 Å². The van der Waals surface area contributed by atoms with Crippen molar-refractivity contribution in [2.75, 3.05) is 13.1 Å². The fourth-order valence-electron chi connectivity index (χ4n) is 1.21. The second kappa shape index (κ2) is 7.57. The van der Waals surface area contributed by atoms with Crippen LogP contribution in [0.25, 0.3) is 0 Å². The van der Waals surface area contributed by atoms with Crippen molar-refractivity contribution in [2.45, 2.75) is 32.7 Å². The van der Waals surface area contributed by atoms with Crippen LogP contribution in [0.1, 0.15) is 26.7 Å². The Balaban J connectivity index is 4.39. The van der Waals surface area contributed by atoms with Gasteiger partial charge in [0.05, 0.1) is 6.54 Å². The maximum absolute atomic E-state index is 11.7. The summed E-state index contributed by atoms with van der Waals surface area (Å²) in [5.74, 6) is 1.34. The molecule has 0 aromatic rings. The van der Waals surface area contributed by atoms with Crippen LogP contribution in [0.3, 0.4) is 0 Å². The lowest BCUT2D eigenvalue weighted by Crippen LogP contribution is -2.48. The molecule has 0 aliphatic heterocycles. The van der Waals surface area contributed by atoms with E-state index >= 15 is 0 Å². The predicted octanol–water partition coefficient (Wildman–Crippen LogP) is 0.904. The van der Waals surface area contributed by atoms with Gasteiger partial charge in [-0.2, -0.15) is 0 Å². The zero-order chi connectivity index (χ0) is 12.6. The third kappa shape index (κ3) is 4.69. The summed E-state index contributed by atoms with van der Waals surface area (Å²) in [5, 5.41) is 11.2. The normalized spacial score (nSPS) is 11.3. The van der Waals surface area contributed by atoms with Crippen molar-refractivity contribution in [3.8, 4) is 12.3 Å². The minimum atomic E-state index is -1.03. The summed E-state index contributed by atoms with van der Waals surface area (Å²) in [6, 6.07) is -1.28. The molecular weight excluding hydrogens is 208 g/mol. The molecular formula is C11H18N2O3. The molecule has 0 spiro atoms. The minimum Gasteiger partial charge on any atom is -0.480 e. The van der Waals surface area contributed by atoms with Crippen molar-refractivity contribution >= 4 is 12.0 Å². The molecule has 0 bridgehead atoms. The molecule has 5 nitrogen and oxygen atoms in total. The number of carbonyl (C=O) groups excluding carboxylic acids is 1. The predicted molar refractivity (Wildman–Crippen MR) is 60.9 cm³/mol. The molecule has 0 rings (SSSR count). The SMILES string of the molecule is C#CCN(CCC)C(=O)NC(CC)C(=O)O. The molecule has 2 amide bonds. The molecule has 0 radical (unpaired) electrons. The number of nitrogens with zero attached hydrogens (tertiary/aromatic N) is 1. The van der Waals surface area contributed by atoms with Gasteiger partial charge in [-0.25, -0.2) is 9.59 Å². The van der Waals surface area contributed by atoms with E-state index in [1.54, 1.807) is 6.92 Å². The first-order valence-electron chi connectivity index (χ1n) is 5.28. The maximum atomic E-state index is 11.7. The van der Waals surface area contributed by atoms with E-state index in [0.717, 1.165) is 6.42 Å². The van der Waals surface area contributed by atoms with Crippen LogP contribution < -0.4 is 5.32 Å². The molecule has 0 fully saturated rings. The average Bonchev–Trinajstić information content (AvgIpc) is 2.24. The zero-order valence-corrected chi connectivity index (χ0v) is 9.69. The topological polar surface area (TPSA) is 69.6 Å². The highest BCUT2D eigenvalue weighted by molar-refractivity contribution is 5.82. The number of urea groups is 1. The highest BCUT2D eigenvalue weighted by atomic mass is 16.4. The van der Waals surface area contributed by atoms with Gasteiger partial charge < -0.3 is 15.3 Å². The maximum Gasteiger partial charge on any atom is 0.326 e. The summed E-state index contributed by atoms with van der Waals surface area (Å²) in [6.07, 6.45) is 6.25. The van der Waals surface area contributed by atoms with Crippen molar-refractivity contribution in [2.24, 2.45) is 0 Å². The lowest BCUT2D eigenvalue weighted by molar-refractivity contribution is -0.139. The van der Waals surface area contributed by atoms with Crippen LogP contribution >= 0.6 is 0 Å². The zero-order valence-electron chi connectivity index (χ0n) is 9.69. The van der Waals surface area contributed by atoms with Crippen molar-refractivity contribution in [1.82, 2.24) is 10.2 Å². The number of hydrogen-bond donors (Lipinski definition) is 2. The lowest BCUT2D eigenvalue weighted by Gasteiger charge is -2.22. The summed E-state index contributed by atoms with van der Waals surface area (Å²) in [6.45, 7) is 4.33. The highest BCUT2D eigenvalue weighted by Gasteiger charge is 2.20. The second-order valence-corrected chi connectivity index (χ2v) is 3.37. The summed E-state index contributed by atoms with van der Waals surface area (Å²) >= 11 is 0. The van der Waals surface area contributed by atoms with Crippen LogP contribution in [-0.4, -0.2) is 41.1 Å². The number of carboxylic acid groups (broad SMARTS) is 1.